The fourth-order valence-corrected chi connectivity index (χ4v) is 4.88. The topological polar surface area (TPSA) is 79.5 Å². The second kappa shape index (κ2) is 6.63. The molecule has 0 aromatic carbocycles. The molecule has 0 bridgehead atoms. The van der Waals surface area contributed by atoms with Crippen molar-refractivity contribution in [1.82, 2.24) is 14.8 Å². The zero-order chi connectivity index (χ0) is 20.1. The number of aromatic nitrogens is 1. The molecule has 3 amide bonds. The molecule has 1 aromatic heterocycles. The Balaban J connectivity index is 1.22. The lowest BCUT2D eigenvalue weighted by Gasteiger charge is -2.59. The smallest absolute Gasteiger partial charge is 0.369 e. The maximum atomic E-state index is 12.6. The molecule has 6 nitrogen and oxygen atoms in total. The number of nitrogens with two attached hydrogens (primary N) is 1. The van der Waals surface area contributed by atoms with Gasteiger partial charge < -0.3 is 15.5 Å². The third kappa shape index (κ3) is 3.54. The first-order valence-electron chi connectivity index (χ1n) is 9.50. The summed E-state index contributed by atoms with van der Waals surface area (Å²) in [5.74, 6) is -0.179. The number of urea groups is 1. The molecular formula is C19H23F3N4O2. The van der Waals surface area contributed by atoms with Crippen molar-refractivity contribution in [3.8, 4) is 0 Å². The predicted molar refractivity (Wildman–Crippen MR) is 93.9 cm³/mol. The van der Waals surface area contributed by atoms with Crippen molar-refractivity contribution in [2.45, 2.75) is 31.9 Å². The molecule has 3 aliphatic rings. The molecule has 152 valence electrons. The molecule has 1 atom stereocenters. The van der Waals surface area contributed by atoms with Gasteiger partial charge in [-0.25, -0.2) is 4.79 Å². The van der Waals surface area contributed by atoms with Gasteiger partial charge >= 0.3 is 12.2 Å². The van der Waals surface area contributed by atoms with E-state index >= 15 is 0 Å². The van der Waals surface area contributed by atoms with Crippen LogP contribution in [0.3, 0.4) is 0 Å². The molecule has 2 aliphatic heterocycles. The zero-order valence-electron chi connectivity index (χ0n) is 15.4. The number of hydrogen-bond donors (Lipinski definition) is 1. The summed E-state index contributed by atoms with van der Waals surface area (Å²) in [7, 11) is 0. The van der Waals surface area contributed by atoms with Crippen LogP contribution in [0.5, 0.6) is 0 Å². The number of halogens is 3. The molecule has 3 heterocycles. The summed E-state index contributed by atoms with van der Waals surface area (Å²) >= 11 is 0. The SMILES string of the molecule is NC(=O)[C@H]1CCN(C(=O)N2CC3(CC(Cc4ccc(C(F)(F)F)nc4)C3)C2)C1. The summed E-state index contributed by atoms with van der Waals surface area (Å²) in [4.78, 5) is 30.8. The quantitative estimate of drug-likeness (QED) is 0.851. The zero-order valence-corrected chi connectivity index (χ0v) is 15.4. The van der Waals surface area contributed by atoms with Gasteiger partial charge in [-0.2, -0.15) is 13.2 Å². The number of carbonyl (C=O) groups is 2. The summed E-state index contributed by atoms with van der Waals surface area (Å²) in [5.41, 5.74) is 5.42. The second-order valence-corrected chi connectivity index (χ2v) is 8.50. The number of likely N-dealkylation sites (tertiary alicyclic amines) is 2. The van der Waals surface area contributed by atoms with E-state index in [0.717, 1.165) is 24.5 Å². The van der Waals surface area contributed by atoms with Crippen molar-refractivity contribution >= 4 is 11.9 Å². The number of alkyl halides is 3. The molecule has 3 fully saturated rings. The number of hydrogen-bond acceptors (Lipinski definition) is 3. The molecule has 1 aromatic rings. The van der Waals surface area contributed by atoms with Crippen LogP contribution in [-0.4, -0.2) is 52.9 Å². The fourth-order valence-electron chi connectivity index (χ4n) is 4.88. The Kier molecular flexibility index (Phi) is 4.50. The molecule has 4 rings (SSSR count). The summed E-state index contributed by atoms with van der Waals surface area (Å²) < 4.78 is 37.7. The van der Waals surface area contributed by atoms with Crippen molar-refractivity contribution in [3.05, 3.63) is 29.6 Å². The van der Waals surface area contributed by atoms with Crippen LogP contribution in [0, 0.1) is 17.3 Å². The van der Waals surface area contributed by atoms with Gasteiger partial charge in [0.2, 0.25) is 5.91 Å². The lowest BCUT2D eigenvalue weighted by Crippen LogP contribution is -2.65. The van der Waals surface area contributed by atoms with Crippen LogP contribution in [0.2, 0.25) is 0 Å². The number of primary amides is 1. The van der Waals surface area contributed by atoms with Crippen LogP contribution in [0.4, 0.5) is 18.0 Å². The standard InChI is InChI=1S/C19H23F3N4O2/c20-19(21,22)15-2-1-12(8-24-15)5-13-6-18(7-13)10-26(11-18)17(28)25-4-3-14(9-25)16(23)27/h1-2,8,13-14H,3-7,9-11H2,(H2,23,27)/t14-/m0/s1. The van der Waals surface area contributed by atoms with Gasteiger partial charge in [0.15, 0.2) is 0 Å². The Bertz CT molecular complexity index is 766. The Morgan fingerprint density at radius 2 is 1.93 bits per heavy atom. The third-order valence-electron chi connectivity index (χ3n) is 6.27. The van der Waals surface area contributed by atoms with E-state index in [9.17, 15) is 22.8 Å². The average molecular weight is 396 g/mol. The molecule has 28 heavy (non-hydrogen) atoms. The van der Waals surface area contributed by atoms with Gasteiger partial charge in [-0.05, 0) is 43.2 Å². The van der Waals surface area contributed by atoms with Crippen molar-refractivity contribution in [3.63, 3.8) is 0 Å². The summed E-state index contributed by atoms with van der Waals surface area (Å²) in [6, 6.07) is 2.51. The maximum Gasteiger partial charge on any atom is 0.433 e. The third-order valence-corrected chi connectivity index (χ3v) is 6.27. The first-order valence-corrected chi connectivity index (χ1v) is 9.50. The van der Waals surface area contributed by atoms with Crippen molar-refractivity contribution in [2.75, 3.05) is 26.2 Å². The van der Waals surface area contributed by atoms with Gasteiger partial charge in [0.25, 0.3) is 0 Å². The summed E-state index contributed by atoms with van der Waals surface area (Å²) in [6.07, 6.45) is 0.195. The Morgan fingerprint density at radius 3 is 2.46 bits per heavy atom. The van der Waals surface area contributed by atoms with Crippen LogP contribution >= 0.6 is 0 Å². The number of rotatable bonds is 3. The Hall–Kier alpha value is -2.32. The van der Waals surface area contributed by atoms with Gasteiger partial charge in [0.1, 0.15) is 5.69 Å². The van der Waals surface area contributed by atoms with E-state index in [0.29, 0.717) is 44.9 Å². The number of pyridine rings is 1. The van der Waals surface area contributed by atoms with E-state index in [1.165, 1.54) is 12.3 Å². The minimum atomic E-state index is -4.41. The monoisotopic (exact) mass is 396 g/mol. The lowest BCUT2D eigenvalue weighted by molar-refractivity contribution is -0.141. The summed E-state index contributed by atoms with van der Waals surface area (Å²) in [5, 5.41) is 0. The molecule has 1 aliphatic carbocycles. The van der Waals surface area contributed by atoms with Crippen LogP contribution < -0.4 is 5.73 Å². The minimum Gasteiger partial charge on any atom is -0.369 e. The fraction of sp³-hybridized carbons (Fsp3) is 0.632. The second-order valence-electron chi connectivity index (χ2n) is 8.50. The highest BCUT2D eigenvalue weighted by Gasteiger charge is 2.54. The van der Waals surface area contributed by atoms with Crippen LogP contribution in [0.1, 0.15) is 30.5 Å². The van der Waals surface area contributed by atoms with E-state index in [2.05, 4.69) is 4.98 Å². The number of nitrogens with zero attached hydrogens (tertiary/aromatic N) is 3. The lowest BCUT2D eigenvalue weighted by atomic mass is 9.56. The molecule has 9 heteroatoms. The molecule has 0 unspecified atom stereocenters. The molecular weight excluding hydrogens is 373 g/mol. The van der Waals surface area contributed by atoms with Gasteiger partial charge in [0.05, 0.1) is 5.92 Å². The Labute approximate surface area is 160 Å². The highest BCUT2D eigenvalue weighted by Crippen LogP contribution is 2.53. The minimum absolute atomic E-state index is 0.0234. The van der Waals surface area contributed by atoms with Gasteiger partial charge in [-0.15, -0.1) is 0 Å². The highest BCUT2D eigenvalue weighted by molar-refractivity contribution is 5.80. The predicted octanol–water partition coefficient (Wildman–Crippen LogP) is 2.28. The number of carbonyl (C=O) groups excluding carboxylic acids is 2. The molecule has 0 radical (unpaired) electrons. The highest BCUT2D eigenvalue weighted by atomic mass is 19.4. The largest absolute Gasteiger partial charge is 0.433 e. The molecule has 1 spiro atoms. The van der Waals surface area contributed by atoms with E-state index < -0.39 is 11.9 Å². The summed E-state index contributed by atoms with van der Waals surface area (Å²) in [6.45, 7) is 2.40. The Morgan fingerprint density at radius 1 is 1.21 bits per heavy atom. The van der Waals surface area contributed by atoms with Crippen molar-refractivity contribution < 1.29 is 22.8 Å². The molecule has 2 saturated heterocycles. The van der Waals surface area contributed by atoms with E-state index in [1.807, 2.05) is 4.90 Å². The van der Waals surface area contributed by atoms with Gasteiger partial charge in [-0.1, -0.05) is 6.07 Å². The van der Waals surface area contributed by atoms with E-state index in [-0.39, 0.29) is 23.3 Å². The van der Waals surface area contributed by atoms with Crippen molar-refractivity contribution in [1.29, 1.82) is 0 Å². The van der Waals surface area contributed by atoms with Crippen LogP contribution in [-0.2, 0) is 17.4 Å². The normalized spacial score (nSPS) is 24.2. The van der Waals surface area contributed by atoms with Gasteiger partial charge in [0, 0.05) is 37.8 Å². The average Bonchev–Trinajstić information content (AvgIpc) is 3.05. The van der Waals surface area contributed by atoms with Gasteiger partial charge in [-0.3, -0.25) is 9.78 Å². The van der Waals surface area contributed by atoms with Crippen LogP contribution in [0.25, 0.3) is 0 Å². The molecule has 1 saturated carbocycles. The van der Waals surface area contributed by atoms with Crippen molar-refractivity contribution in [2.24, 2.45) is 23.0 Å². The van der Waals surface area contributed by atoms with E-state index in [1.54, 1.807) is 4.90 Å². The van der Waals surface area contributed by atoms with Crippen LogP contribution in [0.15, 0.2) is 18.3 Å². The number of amides is 3. The first-order chi connectivity index (χ1) is 13.2. The van der Waals surface area contributed by atoms with E-state index in [4.69, 9.17) is 5.73 Å². The molecule has 2 N–H and O–H groups in total. The first kappa shape index (κ1) is 19.0. The maximum absolute atomic E-state index is 12.6.